The van der Waals surface area contributed by atoms with Crippen molar-refractivity contribution in [2.45, 2.75) is 13.8 Å². The van der Waals surface area contributed by atoms with Crippen LogP contribution in [0.3, 0.4) is 0 Å². The second kappa shape index (κ2) is 2.77. The number of rotatable bonds is 1. The molecular weight excluding hydrogens is 208 g/mol. The van der Waals surface area contributed by atoms with Crippen LogP contribution in [-0.2, 0) is 7.05 Å². The van der Waals surface area contributed by atoms with Gasteiger partial charge in [0.05, 0.1) is 0 Å². The normalized spacial score (nSPS) is 10.2. The van der Waals surface area contributed by atoms with Gasteiger partial charge >= 0.3 is 0 Å². The van der Waals surface area contributed by atoms with E-state index in [9.17, 15) is 4.79 Å². The highest BCUT2D eigenvalue weighted by atomic mass is 79.9. The first-order valence-electron chi connectivity index (χ1n) is 3.23. The summed E-state index contributed by atoms with van der Waals surface area (Å²) < 4.78 is 2.40. The zero-order chi connectivity index (χ0) is 8.59. The van der Waals surface area contributed by atoms with Gasteiger partial charge in [-0.2, -0.15) is 0 Å². The van der Waals surface area contributed by atoms with Crippen LogP contribution in [0.25, 0.3) is 0 Å². The molecule has 1 aromatic rings. The summed E-state index contributed by atoms with van der Waals surface area (Å²) >= 11 is 3.22. The number of hydrogen-bond acceptors (Lipinski definition) is 2. The fourth-order valence-corrected chi connectivity index (χ4v) is 1.75. The zero-order valence-corrected chi connectivity index (χ0v) is 8.27. The van der Waals surface area contributed by atoms with Gasteiger partial charge in [0.2, 0.25) is 0 Å². The van der Waals surface area contributed by atoms with Crippen LogP contribution < -0.4 is 0 Å². The number of carbonyl (C=O) groups excluding carboxylic acids is 1. The van der Waals surface area contributed by atoms with E-state index in [1.54, 1.807) is 4.57 Å². The molecule has 0 atom stereocenters. The molecule has 4 heteroatoms. The van der Waals surface area contributed by atoms with Gasteiger partial charge in [-0.3, -0.25) is 4.79 Å². The van der Waals surface area contributed by atoms with E-state index in [0.29, 0.717) is 10.3 Å². The molecule has 1 rings (SSSR count). The van der Waals surface area contributed by atoms with Gasteiger partial charge in [0.25, 0.3) is 0 Å². The second-order valence-corrected chi connectivity index (χ2v) is 3.16. The van der Waals surface area contributed by atoms with Gasteiger partial charge in [-0.15, -0.1) is 0 Å². The number of imidazole rings is 1. The fraction of sp³-hybridized carbons (Fsp3) is 0.429. The number of carbonyl (C=O) groups is 1. The fourth-order valence-electron chi connectivity index (χ4n) is 0.952. The lowest BCUT2D eigenvalue weighted by Gasteiger charge is -1.97. The van der Waals surface area contributed by atoms with Crippen LogP contribution in [-0.4, -0.2) is 15.3 Å². The largest absolute Gasteiger partial charge is 0.328 e. The Labute approximate surface area is 73.6 Å². The van der Waals surface area contributed by atoms with E-state index in [1.165, 1.54) is 6.92 Å². The summed E-state index contributed by atoms with van der Waals surface area (Å²) in [5.74, 6) is 0.863. The molecule has 0 N–H and O–H groups in total. The second-order valence-electron chi connectivity index (χ2n) is 2.41. The Morgan fingerprint density at radius 2 is 2.18 bits per heavy atom. The summed E-state index contributed by atoms with van der Waals surface area (Å²) in [5.41, 5.74) is 0.627. The summed E-state index contributed by atoms with van der Waals surface area (Å²) in [4.78, 5) is 15.1. The Balaban J connectivity index is 3.34. The summed E-state index contributed by atoms with van der Waals surface area (Å²) in [6, 6.07) is 0. The van der Waals surface area contributed by atoms with E-state index >= 15 is 0 Å². The number of aromatic nitrogens is 2. The number of ketones is 1. The van der Waals surface area contributed by atoms with E-state index in [1.807, 2.05) is 14.0 Å². The Bertz CT molecular complexity index is 304. The minimum absolute atomic E-state index is 0.0278. The van der Waals surface area contributed by atoms with Crippen LogP contribution in [0.2, 0.25) is 0 Å². The van der Waals surface area contributed by atoms with Crippen LogP contribution >= 0.6 is 15.9 Å². The van der Waals surface area contributed by atoms with Crippen LogP contribution in [0.5, 0.6) is 0 Å². The molecule has 0 amide bonds. The summed E-state index contributed by atoms with van der Waals surface area (Å²) in [5, 5.41) is 0. The molecule has 0 radical (unpaired) electrons. The van der Waals surface area contributed by atoms with Crippen LogP contribution in [0, 0.1) is 6.92 Å². The summed E-state index contributed by atoms with van der Waals surface area (Å²) in [6.45, 7) is 3.39. The maximum absolute atomic E-state index is 11.0. The number of halogens is 1. The van der Waals surface area contributed by atoms with Crippen molar-refractivity contribution in [2.75, 3.05) is 0 Å². The number of Topliss-reactive ketones (excluding diaryl/α,β-unsaturated/α-hetero) is 1. The van der Waals surface area contributed by atoms with E-state index in [4.69, 9.17) is 0 Å². The minimum atomic E-state index is 0.0278. The Morgan fingerprint density at radius 1 is 1.64 bits per heavy atom. The third kappa shape index (κ3) is 1.35. The first-order chi connectivity index (χ1) is 5.04. The highest BCUT2D eigenvalue weighted by molar-refractivity contribution is 9.10. The maximum Gasteiger partial charge on any atom is 0.178 e. The summed E-state index contributed by atoms with van der Waals surface area (Å²) in [6.07, 6.45) is 0. The molecule has 0 aliphatic carbocycles. The van der Waals surface area contributed by atoms with Gasteiger partial charge in [0.1, 0.15) is 16.1 Å². The van der Waals surface area contributed by atoms with E-state index in [2.05, 4.69) is 20.9 Å². The Morgan fingerprint density at radius 3 is 2.36 bits per heavy atom. The van der Waals surface area contributed by atoms with Crippen LogP contribution in [0.15, 0.2) is 4.60 Å². The van der Waals surface area contributed by atoms with Crippen molar-refractivity contribution in [1.29, 1.82) is 0 Å². The SMILES string of the molecule is CC(=O)c1c(Br)nc(C)n1C. The van der Waals surface area contributed by atoms with Crippen molar-refractivity contribution < 1.29 is 4.79 Å². The average Bonchev–Trinajstić information content (AvgIpc) is 2.07. The lowest BCUT2D eigenvalue weighted by Crippen LogP contribution is -2.03. The molecule has 0 saturated heterocycles. The highest BCUT2D eigenvalue weighted by Gasteiger charge is 2.12. The monoisotopic (exact) mass is 216 g/mol. The summed E-state index contributed by atoms with van der Waals surface area (Å²) in [7, 11) is 1.82. The van der Waals surface area contributed by atoms with Gasteiger partial charge in [0.15, 0.2) is 5.78 Å². The van der Waals surface area contributed by atoms with Gasteiger partial charge in [-0.05, 0) is 22.9 Å². The lowest BCUT2D eigenvalue weighted by atomic mass is 10.3. The number of aryl methyl sites for hydroxylation is 1. The van der Waals surface area contributed by atoms with Gasteiger partial charge < -0.3 is 4.57 Å². The van der Waals surface area contributed by atoms with Crippen molar-refractivity contribution in [3.05, 3.63) is 16.1 Å². The highest BCUT2D eigenvalue weighted by Crippen LogP contribution is 2.16. The minimum Gasteiger partial charge on any atom is -0.328 e. The maximum atomic E-state index is 11.0. The molecule has 1 aromatic heterocycles. The quantitative estimate of drug-likeness (QED) is 0.671. The smallest absolute Gasteiger partial charge is 0.178 e. The molecule has 0 saturated carbocycles. The Kier molecular flexibility index (Phi) is 2.13. The van der Waals surface area contributed by atoms with Crippen molar-refractivity contribution in [2.24, 2.45) is 7.05 Å². The van der Waals surface area contributed by atoms with Gasteiger partial charge in [0, 0.05) is 14.0 Å². The predicted molar refractivity (Wildman–Crippen MR) is 45.6 cm³/mol. The van der Waals surface area contributed by atoms with Crippen LogP contribution in [0.1, 0.15) is 23.2 Å². The van der Waals surface area contributed by atoms with E-state index < -0.39 is 0 Å². The molecule has 0 aliphatic heterocycles. The molecule has 3 nitrogen and oxygen atoms in total. The lowest BCUT2D eigenvalue weighted by molar-refractivity contribution is 0.100. The third-order valence-corrected chi connectivity index (χ3v) is 2.16. The predicted octanol–water partition coefficient (Wildman–Crippen LogP) is 1.69. The standard InChI is InChI=1S/C7H9BrN2O/c1-4(11)6-7(8)9-5(2)10(6)3/h1-3H3. The van der Waals surface area contributed by atoms with Crippen molar-refractivity contribution in [1.82, 2.24) is 9.55 Å². The average molecular weight is 217 g/mol. The topological polar surface area (TPSA) is 34.9 Å². The first kappa shape index (κ1) is 8.46. The molecule has 60 valence electrons. The molecule has 0 spiro atoms. The first-order valence-corrected chi connectivity index (χ1v) is 4.03. The number of hydrogen-bond donors (Lipinski definition) is 0. The van der Waals surface area contributed by atoms with Crippen molar-refractivity contribution in [3.63, 3.8) is 0 Å². The third-order valence-electron chi connectivity index (χ3n) is 1.61. The molecule has 0 fully saturated rings. The van der Waals surface area contributed by atoms with Gasteiger partial charge in [-0.25, -0.2) is 4.98 Å². The molecule has 1 heterocycles. The molecule has 0 unspecified atom stereocenters. The molecule has 0 bridgehead atoms. The van der Waals surface area contributed by atoms with Crippen molar-refractivity contribution >= 4 is 21.7 Å². The molecular formula is C7H9BrN2O. The molecule has 0 aromatic carbocycles. The Hall–Kier alpha value is -0.640. The zero-order valence-electron chi connectivity index (χ0n) is 6.68. The van der Waals surface area contributed by atoms with Crippen LogP contribution in [0.4, 0.5) is 0 Å². The molecule has 11 heavy (non-hydrogen) atoms. The van der Waals surface area contributed by atoms with Crippen molar-refractivity contribution in [3.8, 4) is 0 Å². The van der Waals surface area contributed by atoms with E-state index in [0.717, 1.165) is 5.82 Å². The number of nitrogens with zero attached hydrogens (tertiary/aromatic N) is 2. The van der Waals surface area contributed by atoms with E-state index in [-0.39, 0.29) is 5.78 Å². The van der Waals surface area contributed by atoms with Gasteiger partial charge in [-0.1, -0.05) is 0 Å². The molecule has 0 aliphatic rings.